The zero-order chi connectivity index (χ0) is 23.5. The summed E-state index contributed by atoms with van der Waals surface area (Å²) in [5.41, 5.74) is 0.518. The van der Waals surface area contributed by atoms with Crippen molar-refractivity contribution >= 4 is 29.5 Å². The largest absolute Gasteiger partial charge is 0.493 e. The number of carbonyl (C=O) groups excluding carboxylic acids is 2. The molecule has 32 heavy (non-hydrogen) atoms. The van der Waals surface area contributed by atoms with Gasteiger partial charge in [-0.2, -0.15) is 13.2 Å². The molecule has 0 bridgehead atoms. The molecule has 2 aromatic rings. The van der Waals surface area contributed by atoms with Gasteiger partial charge < -0.3 is 24.3 Å². The molecule has 1 N–H and O–H groups in total. The fourth-order valence-corrected chi connectivity index (χ4v) is 2.80. The predicted molar refractivity (Wildman–Crippen MR) is 108 cm³/mol. The molecule has 0 saturated heterocycles. The minimum absolute atomic E-state index is 0.0259. The smallest absolute Gasteiger partial charge is 0.471 e. The van der Waals surface area contributed by atoms with Crippen molar-refractivity contribution in [3.8, 4) is 17.2 Å². The first kappa shape index (κ1) is 22.7. The molecular weight excluding hydrogens is 433 g/mol. The second-order valence-corrected chi connectivity index (χ2v) is 6.33. The third-order valence-electron chi connectivity index (χ3n) is 4.24. The standard InChI is InChI=1S/C21H17F3N2O6/c1-29-15-9-12(10-16(30-2)17(15)31-3)18-26-14(19(27)32-18)8-11-5-4-6-13(7-11)25-20(28)21(22,23)24/h4-10H,1-3H3,(H,25,28)/b14-8-. The average molecular weight is 450 g/mol. The molecule has 1 aliphatic rings. The molecule has 11 heteroatoms. The van der Waals surface area contributed by atoms with E-state index >= 15 is 0 Å². The lowest BCUT2D eigenvalue weighted by Crippen LogP contribution is -2.29. The van der Waals surface area contributed by atoms with E-state index in [9.17, 15) is 22.8 Å². The summed E-state index contributed by atoms with van der Waals surface area (Å²) in [6.45, 7) is 0. The summed E-state index contributed by atoms with van der Waals surface area (Å²) < 4.78 is 58.3. The summed E-state index contributed by atoms with van der Waals surface area (Å²) in [5, 5.41) is 1.74. The van der Waals surface area contributed by atoms with E-state index in [0.717, 1.165) is 0 Å². The van der Waals surface area contributed by atoms with Crippen LogP contribution >= 0.6 is 0 Å². The van der Waals surface area contributed by atoms with E-state index in [1.807, 2.05) is 0 Å². The van der Waals surface area contributed by atoms with Gasteiger partial charge in [-0.15, -0.1) is 0 Å². The molecule has 0 aliphatic carbocycles. The summed E-state index contributed by atoms with van der Waals surface area (Å²) in [6, 6.07) is 8.58. The van der Waals surface area contributed by atoms with Crippen molar-refractivity contribution in [2.45, 2.75) is 6.18 Å². The normalized spacial score (nSPS) is 14.6. The number of benzene rings is 2. The quantitative estimate of drug-likeness (QED) is 0.534. The van der Waals surface area contributed by atoms with Crippen LogP contribution < -0.4 is 19.5 Å². The van der Waals surface area contributed by atoms with Gasteiger partial charge in [0, 0.05) is 11.3 Å². The minimum atomic E-state index is -5.02. The van der Waals surface area contributed by atoms with Crippen molar-refractivity contribution in [1.29, 1.82) is 0 Å². The number of carbonyl (C=O) groups is 2. The van der Waals surface area contributed by atoms with Crippen LogP contribution in [0.3, 0.4) is 0 Å². The van der Waals surface area contributed by atoms with Gasteiger partial charge in [0.05, 0.1) is 21.3 Å². The van der Waals surface area contributed by atoms with E-state index in [4.69, 9.17) is 18.9 Å². The zero-order valence-corrected chi connectivity index (χ0v) is 17.1. The highest BCUT2D eigenvalue weighted by Gasteiger charge is 2.38. The fraction of sp³-hybridized carbons (Fsp3) is 0.190. The Morgan fingerprint density at radius 3 is 2.28 bits per heavy atom. The number of nitrogens with zero attached hydrogens (tertiary/aromatic N) is 1. The van der Waals surface area contributed by atoms with Gasteiger partial charge in [-0.05, 0) is 35.9 Å². The van der Waals surface area contributed by atoms with E-state index < -0.39 is 18.1 Å². The van der Waals surface area contributed by atoms with Crippen molar-refractivity contribution in [1.82, 2.24) is 0 Å². The lowest BCUT2D eigenvalue weighted by Gasteiger charge is -2.13. The monoisotopic (exact) mass is 450 g/mol. The molecule has 8 nitrogen and oxygen atoms in total. The van der Waals surface area contributed by atoms with Gasteiger partial charge in [0.1, 0.15) is 0 Å². The fourth-order valence-electron chi connectivity index (χ4n) is 2.80. The lowest BCUT2D eigenvalue weighted by atomic mass is 10.1. The molecule has 1 amide bonds. The topological polar surface area (TPSA) is 95.5 Å². The van der Waals surface area contributed by atoms with Crippen molar-refractivity contribution in [2.75, 3.05) is 26.6 Å². The number of esters is 1. The first-order chi connectivity index (χ1) is 15.2. The van der Waals surface area contributed by atoms with Gasteiger partial charge in [0.15, 0.2) is 17.2 Å². The van der Waals surface area contributed by atoms with Crippen LogP contribution in [-0.4, -0.2) is 45.3 Å². The highest BCUT2D eigenvalue weighted by molar-refractivity contribution is 6.13. The molecule has 2 aromatic carbocycles. The molecule has 0 fully saturated rings. The number of halogens is 3. The van der Waals surface area contributed by atoms with E-state index in [0.29, 0.717) is 28.4 Å². The molecule has 0 aromatic heterocycles. The molecule has 1 aliphatic heterocycles. The maximum Gasteiger partial charge on any atom is 0.471 e. The third-order valence-corrected chi connectivity index (χ3v) is 4.24. The van der Waals surface area contributed by atoms with Crippen LogP contribution in [-0.2, 0) is 14.3 Å². The molecule has 168 valence electrons. The second kappa shape index (κ2) is 9.00. The van der Waals surface area contributed by atoms with Crippen LogP contribution in [0.2, 0.25) is 0 Å². The Hall–Kier alpha value is -4.02. The van der Waals surface area contributed by atoms with Gasteiger partial charge in [-0.25, -0.2) is 9.79 Å². The summed E-state index contributed by atoms with van der Waals surface area (Å²) in [4.78, 5) is 27.6. The Kier molecular flexibility index (Phi) is 6.37. The van der Waals surface area contributed by atoms with Crippen LogP contribution in [0.4, 0.5) is 18.9 Å². The number of ether oxygens (including phenoxy) is 4. The number of rotatable bonds is 6. The van der Waals surface area contributed by atoms with Crippen LogP contribution in [0.15, 0.2) is 47.1 Å². The van der Waals surface area contributed by atoms with Gasteiger partial charge in [0.25, 0.3) is 0 Å². The van der Waals surface area contributed by atoms with Gasteiger partial charge in [-0.3, -0.25) is 4.79 Å². The zero-order valence-electron chi connectivity index (χ0n) is 17.1. The molecule has 3 rings (SSSR count). The number of alkyl halides is 3. The number of cyclic esters (lactones) is 1. The average Bonchev–Trinajstić information content (AvgIpc) is 3.12. The first-order valence-electron chi connectivity index (χ1n) is 8.97. The summed E-state index contributed by atoms with van der Waals surface area (Å²) in [6.07, 6.45) is -3.71. The number of hydrogen-bond acceptors (Lipinski definition) is 7. The first-order valence-corrected chi connectivity index (χ1v) is 8.97. The van der Waals surface area contributed by atoms with Gasteiger partial charge in [0.2, 0.25) is 11.6 Å². The second-order valence-electron chi connectivity index (χ2n) is 6.33. The third kappa shape index (κ3) is 4.82. The summed E-state index contributed by atoms with van der Waals surface area (Å²) >= 11 is 0. The van der Waals surface area contributed by atoms with Crippen LogP contribution in [0.25, 0.3) is 6.08 Å². The SMILES string of the molecule is COc1cc(C2=N/C(=C\c3cccc(NC(=O)C(F)(F)F)c3)C(=O)O2)cc(OC)c1OC. The van der Waals surface area contributed by atoms with E-state index in [1.165, 1.54) is 51.7 Å². The molecular formula is C21H17F3N2O6. The number of aliphatic imine (C=N–C) groups is 1. The number of anilines is 1. The van der Waals surface area contributed by atoms with E-state index in [1.54, 1.807) is 17.4 Å². The molecule has 1 heterocycles. The summed E-state index contributed by atoms with van der Waals surface area (Å²) in [7, 11) is 4.30. The number of amides is 1. The maximum atomic E-state index is 12.4. The highest BCUT2D eigenvalue weighted by atomic mass is 19.4. The molecule has 0 unspecified atom stereocenters. The van der Waals surface area contributed by atoms with Gasteiger partial charge >= 0.3 is 18.1 Å². The summed E-state index contributed by atoms with van der Waals surface area (Å²) in [5.74, 6) is -1.90. The van der Waals surface area contributed by atoms with Crippen LogP contribution in [0.5, 0.6) is 17.2 Å². The lowest BCUT2D eigenvalue weighted by molar-refractivity contribution is -0.167. The molecule has 0 atom stereocenters. The van der Waals surface area contributed by atoms with Crippen molar-refractivity contribution in [3.05, 3.63) is 53.2 Å². The van der Waals surface area contributed by atoms with E-state index in [-0.39, 0.29) is 17.3 Å². The minimum Gasteiger partial charge on any atom is -0.493 e. The Balaban J connectivity index is 1.92. The number of nitrogens with one attached hydrogen (secondary N) is 1. The van der Waals surface area contributed by atoms with Crippen LogP contribution in [0, 0.1) is 0 Å². The Morgan fingerprint density at radius 2 is 1.72 bits per heavy atom. The Labute approximate surface area is 180 Å². The number of methoxy groups -OCH3 is 3. The molecule has 0 spiro atoms. The van der Waals surface area contributed by atoms with Crippen molar-refractivity contribution in [2.24, 2.45) is 4.99 Å². The van der Waals surface area contributed by atoms with Crippen LogP contribution in [0.1, 0.15) is 11.1 Å². The van der Waals surface area contributed by atoms with Gasteiger partial charge in [-0.1, -0.05) is 12.1 Å². The van der Waals surface area contributed by atoms with Crippen molar-refractivity contribution in [3.63, 3.8) is 0 Å². The maximum absolute atomic E-state index is 12.4. The predicted octanol–water partition coefficient (Wildman–Crippen LogP) is 3.56. The molecule has 0 radical (unpaired) electrons. The number of hydrogen-bond donors (Lipinski definition) is 1. The van der Waals surface area contributed by atoms with E-state index in [2.05, 4.69) is 4.99 Å². The Morgan fingerprint density at radius 1 is 1.06 bits per heavy atom. The van der Waals surface area contributed by atoms with Crippen molar-refractivity contribution < 1.29 is 41.7 Å². The molecule has 0 saturated carbocycles. The Bertz CT molecular complexity index is 1100. The highest BCUT2D eigenvalue weighted by Crippen LogP contribution is 2.39.